The molecule has 1 aliphatic rings. The highest BCUT2D eigenvalue weighted by Gasteiger charge is 2.11. The molecule has 0 radical (unpaired) electrons. The molecule has 0 spiro atoms. The fraction of sp³-hybridized carbons (Fsp3) is 0.500. The second-order valence-electron chi connectivity index (χ2n) is 4.50. The molecule has 1 saturated heterocycles. The molecule has 16 heavy (non-hydrogen) atoms. The summed E-state index contributed by atoms with van der Waals surface area (Å²) >= 11 is 0. The van der Waals surface area contributed by atoms with Gasteiger partial charge in [0.05, 0.1) is 11.6 Å². The molecule has 0 aromatic heterocycles. The molecule has 2 rings (SSSR count). The Morgan fingerprint density at radius 3 is 3.06 bits per heavy atom. The molecule has 2 heteroatoms. The lowest BCUT2D eigenvalue weighted by molar-refractivity contribution is 0.383. The van der Waals surface area contributed by atoms with E-state index in [1.54, 1.807) is 0 Å². The number of piperidine rings is 1. The van der Waals surface area contributed by atoms with Crippen LogP contribution in [-0.2, 0) is 6.42 Å². The zero-order valence-electron chi connectivity index (χ0n) is 9.58. The summed E-state index contributed by atoms with van der Waals surface area (Å²) in [7, 11) is 0. The molecule has 0 bridgehead atoms. The summed E-state index contributed by atoms with van der Waals surface area (Å²) in [5, 5.41) is 12.4. The Kier molecular flexibility index (Phi) is 3.96. The number of benzene rings is 1. The molecule has 0 amide bonds. The van der Waals surface area contributed by atoms with E-state index in [1.165, 1.54) is 37.8 Å². The van der Waals surface area contributed by atoms with Crippen molar-refractivity contribution < 1.29 is 0 Å². The van der Waals surface area contributed by atoms with Gasteiger partial charge in [-0.2, -0.15) is 5.26 Å². The number of aryl methyl sites for hydroxylation is 1. The van der Waals surface area contributed by atoms with Crippen LogP contribution in [0.15, 0.2) is 24.3 Å². The third kappa shape index (κ3) is 3.08. The summed E-state index contributed by atoms with van der Waals surface area (Å²) in [6.45, 7) is 1.17. The van der Waals surface area contributed by atoms with Crippen LogP contribution in [0.1, 0.15) is 36.8 Å². The SMILES string of the molecule is N#Cc1cccc(CCC2CCCCN2)c1. The Bertz CT molecular complexity index is 373. The van der Waals surface area contributed by atoms with Gasteiger partial charge in [0.2, 0.25) is 0 Å². The second-order valence-corrected chi connectivity index (χ2v) is 4.50. The van der Waals surface area contributed by atoms with Crippen molar-refractivity contribution in [3.8, 4) is 6.07 Å². The summed E-state index contributed by atoms with van der Waals surface area (Å²) in [4.78, 5) is 0. The topological polar surface area (TPSA) is 35.8 Å². The number of nitrogens with one attached hydrogen (secondary N) is 1. The Morgan fingerprint density at radius 2 is 2.31 bits per heavy atom. The third-order valence-electron chi connectivity index (χ3n) is 3.25. The van der Waals surface area contributed by atoms with Gasteiger partial charge in [0, 0.05) is 6.04 Å². The van der Waals surface area contributed by atoms with Gasteiger partial charge in [0.15, 0.2) is 0 Å². The van der Waals surface area contributed by atoms with E-state index >= 15 is 0 Å². The molecule has 1 unspecified atom stereocenters. The van der Waals surface area contributed by atoms with Gasteiger partial charge in [-0.05, 0) is 49.9 Å². The average molecular weight is 214 g/mol. The fourth-order valence-electron chi connectivity index (χ4n) is 2.31. The van der Waals surface area contributed by atoms with Crippen LogP contribution < -0.4 is 5.32 Å². The average Bonchev–Trinajstić information content (AvgIpc) is 2.38. The molecule has 1 aliphatic heterocycles. The van der Waals surface area contributed by atoms with E-state index in [2.05, 4.69) is 17.5 Å². The minimum absolute atomic E-state index is 0.680. The first-order valence-corrected chi connectivity index (χ1v) is 6.11. The molecule has 0 aliphatic carbocycles. The zero-order valence-corrected chi connectivity index (χ0v) is 9.58. The van der Waals surface area contributed by atoms with Gasteiger partial charge in [-0.1, -0.05) is 18.6 Å². The molecule has 1 atom stereocenters. The van der Waals surface area contributed by atoms with Crippen LogP contribution in [0.3, 0.4) is 0 Å². The first-order chi connectivity index (χ1) is 7.88. The van der Waals surface area contributed by atoms with E-state index in [9.17, 15) is 0 Å². The summed E-state index contributed by atoms with van der Waals surface area (Å²) in [5.41, 5.74) is 2.06. The van der Waals surface area contributed by atoms with Crippen molar-refractivity contribution in [3.05, 3.63) is 35.4 Å². The summed E-state index contributed by atoms with van der Waals surface area (Å²) < 4.78 is 0. The maximum atomic E-state index is 8.82. The lowest BCUT2D eigenvalue weighted by Crippen LogP contribution is -2.34. The van der Waals surface area contributed by atoms with Crippen molar-refractivity contribution in [2.24, 2.45) is 0 Å². The number of hydrogen-bond acceptors (Lipinski definition) is 2. The van der Waals surface area contributed by atoms with Crippen molar-refractivity contribution in [3.63, 3.8) is 0 Å². The van der Waals surface area contributed by atoms with Gasteiger partial charge in [-0.25, -0.2) is 0 Å². The van der Waals surface area contributed by atoms with Crippen LogP contribution in [0.4, 0.5) is 0 Å². The quantitative estimate of drug-likeness (QED) is 0.839. The van der Waals surface area contributed by atoms with E-state index in [4.69, 9.17) is 5.26 Å². The molecular weight excluding hydrogens is 196 g/mol. The summed E-state index contributed by atoms with van der Waals surface area (Å²) in [6, 6.07) is 10.8. The molecule has 1 heterocycles. The highest BCUT2D eigenvalue weighted by Crippen LogP contribution is 2.14. The van der Waals surface area contributed by atoms with E-state index in [-0.39, 0.29) is 0 Å². The smallest absolute Gasteiger partial charge is 0.0991 e. The molecule has 1 aromatic rings. The van der Waals surface area contributed by atoms with Gasteiger partial charge < -0.3 is 5.32 Å². The molecule has 0 saturated carbocycles. The Labute approximate surface area is 97.3 Å². The third-order valence-corrected chi connectivity index (χ3v) is 3.25. The molecule has 1 aromatic carbocycles. The van der Waals surface area contributed by atoms with Gasteiger partial charge in [-0.15, -0.1) is 0 Å². The Balaban J connectivity index is 1.86. The lowest BCUT2D eigenvalue weighted by atomic mass is 9.97. The lowest BCUT2D eigenvalue weighted by Gasteiger charge is -2.23. The predicted octanol–water partition coefficient (Wildman–Crippen LogP) is 2.63. The van der Waals surface area contributed by atoms with E-state index in [1.807, 2.05) is 18.2 Å². The van der Waals surface area contributed by atoms with Crippen LogP contribution in [0.5, 0.6) is 0 Å². The number of rotatable bonds is 3. The second kappa shape index (κ2) is 5.67. The van der Waals surface area contributed by atoms with Crippen LogP contribution in [0, 0.1) is 11.3 Å². The standard InChI is InChI=1S/C14H18N2/c15-11-13-5-3-4-12(10-13)7-8-14-6-1-2-9-16-14/h3-5,10,14,16H,1-2,6-9H2. The maximum absolute atomic E-state index is 8.82. The van der Waals surface area contributed by atoms with Gasteiger partial charge in [-0.3, -0.25) is 0 Å². The highest BCUT2D eigenvalue weighted by atomic mass is 14.9. The predicted molar refractivity (Wildman–Crippen MR) is 65.1 cm³/mol. The van der Waals surface area contributed by atoms with Crippen LogP contribution >= 0.6 is 0 Å². The van der Waals surface area contributed by atoms with Gasteiger partial charge >= 0.3 is 0 Å². The van der Waals surface area contributed by atoms with Crippen molar-refractivity contribution >= 4 is 0 Å². The van der Waals surface area contributed by atoms with E-state index in [0.29, 0.717) is 6.04 Å². The van der Waals surface area contributed by atoms with Gasteiger partial charge in [0.1, 0.15) is 0 Å². The van der Waals surface area contributed by atoms with E-state index in [0.717, 1.165) is 12.0 Å². The molecular formula is C14H18N2. The highest BCUT2D eigenvalue weighted by molar-refractivity contribution is 5.32. The first kappa shape index (κ1) is 11.2. The van der Waals surface area contributed by atoms with Crippen LogP contribution in [0.2, 0.25) is 0 Å². The molecule has 2 nitrogen and oxygen atoms in total. The van der Waals surface area contributed by atoms with Crippen molar-refractivity contribution in [1.29, 1.82) is 5.26 Å². The summed E-state index contributed by atoms with van der Waals surface area (Å²) in [5.74, 6) is 0. The van der Waals surface area contributed by atoms with E-state index < -0.39 is 0 Å². The molecule has 1 fully saturated rings. The Hall–Kier alpha value is -1.33. The van der Waals surface area contributed by atoms with Crippen LogP contribution in [-0.4, -0.2) is 12.6 Å². The summed E-state index contributed by atoms with van der Waals surface area (Å²) in [6.07, 6.45) is 6.25. The maximum Gasteiger partial charge on any atom is 0.0991 e. The van der Waals surface area contributed by atoms with Crippen molar-refractivity contribution in [2.45, 2.75) is 38.1 Å². The zero-order chi connectivity index (χ0) is 11.2. The normalized spacial score (nSPS) is 20.3. The number of nitrogens with zero attached hydrogens (tertiary/aromatic N) is 1. The Morgan fingerprint density at radius 1 is 1.38 bits per heavy atom. The number of nitriles is 1. The van der Waals surface area contributed by atoms with Crippen molar-refractivity contribution in [2.75, 3.05) is 6.54 Å². The minimum atomic E-state index is 0.680. The monoisotopic (exact) mass is 214 g/mol. The fourth-order valence-corrected chi connectivity index (χ4v) is 2.31. The molecule has 1 N–H and O–H groups in total. The number of hydrogen-bond donors (Lipinski definition) is 1. The first-order valence-electron chi connectivity index (χ1n) is 6.11. The molecule has 84 valence electrons. The van der Waals surface area contributed by atoms with Crippen molar-refractivity contribution in [1.82, 2.24) is 5.32 Å². The van der Waals surface area contributed by atoms with Gasteiger partial charge in [0.25, 0.3) is 0 Å². The van der Waals surface area contributed by atoms with Crippen LogP contribution in [0.25, 0.3) is 0 Å². The largest absolute Gasteiger partial charge is 0.314 e. The minimum Gasteiger partial charge on any atom is -0.314 e.